The van der Waals surface area contributed by atoms with Gasteiger partial charge in [0.15, 0.2) is 0 Å². The highest BCUT2D eigenvalue weighted by Gasteiger charge is 2.06. The second kappa shape index (κ2) is 8.39. The summed E-state index contributed by atoms with van der Waals surface area (Å²) in [5, 5.41) is 8.51. The zero-order valence-corrected chi connectivity index (χ0v) is 12.0. The second-order valence-electron chi connectivity index (χ2n) is 4.49. The molecule has 0 unspecified atom stereocenters. The summed E-state index contributed by atoms with van der Waals surface area (Å²) in [7, 11) is 5.40. The average Bonchev–Trinajstić information content (AvgIpc) is 2.45. The summed E-state index contributed by atoms with van der Waals surface area (Å²) in [6.07, 6.45) is 2.47. The molecule has 104 valence electrons. The second-order valence-corrected chi connectivity index (χ2v) is 4.49. The molecule has 1 aromatic carbocycles. The van der Waals surface area contributed by atoms with E-state index in [0.717, 1.165) is 37.4 Å². The minimum Gasteiger partial charge on any atom is -0.497 e. The van der Waals surface area contributed by atoms with Crippen LogP contribution in [0.3, 0.4) is 0 Å². The Labute approximate surface area is 115 Å². The molecule has 0 aliphatic heterocycles. The molecule has 0 fully saturated rings. The molecule has 19 heavy (non-hydrogen) atoms. The van der Waals surface area contributed by atoms with E-state index in [1.807, 2.05) is 18.2 Å². The van der Waals surface area contributed by atoms with E-state index in [1.165, 1.54) is 5.56 Å². The Hall–Kier alpha value is -1.73. The largest absolute Gasteiger partial charge is 0.497 e. The van der Waals surface area contributed by atoms with Crippen molar-refractivity contribution in [2.75, 3.05) is 34.4 Å². The van der Waals surface area contributed by atoms with Gasteiger partial charge in [-0.15, -0.1) is 0 Å². The zero-order chi connectivity index (χ0) is 14.1. The van der Waals surface area contributed by atoms with E-state index in [1.54, 1.807) is 14.2 Å². The minimum atomic E-state index is 0.621. The van der Waals surface area contributed by atoms with Crippen LogP contribution in [0.5, 0.6) is 11.5 Å². The van der Waals surface area contributed by atoms with Gasteiger partial charge in [0.25, 0.3) is 0 Å². The molecule has 0 saturated heterocycles. The van der Waals surface area contributed by atoms with Crippen molar-refractivity contribution in [1.29, 1.82) is 5.26 Å². The first-order valence-electron chi connectivity index (χ1n) is 6.47. The number of unbranched alkanes of at least 4 members (excludes halogenated alkanes) is 1. The lowest BCUT2D eigenvalue weighted by molar-refractivity contribution is 0.331. The van der Waals surface area contributed by atoms with Crippen molar-refractivity contribution in [3.8, 4) is 17.6 Å². The maximum absolute atomic E-state index is 8.51. The van der Waals surface area contributed by atoms with Crippen LogP contribution in [0, 0.1) is 11.3 Å². The highest BCUT2D eigenvalue weighted by molar-refractivity contribution is 5.40. The van der Waals surface area contributed by atoms with Gasteiger partial charge in [0.1, 0.15) is 11.5 Å². The number of methoxy groups -OCH3 is 2. The van der Waals surface area contributed by atoms with Crippen LogP contribution in [0.2, 0.25) is 0 Å². The predicted octanol–water partition coefficient (Wildman–Crippen LogP) is 2.48. The smallest absolute Gasteiger partial charge is 0.125 e. The van der Waals surface area contributed by atoms with Gasteiger partial charge < -0.3 is 14.4 Å². The molecular formula is C15H22N2O2. The van der Waals surface area contributed by atoms with Gasteiger partial charge in [-0.25, -0.2) is 0 Å². The predicted molar refractivity (Wildman–Crippen MR) is 75.6 cm³/mol. The summed E-state index contributed by atoms with van der Waals surface area (Å²) in [5.74, 6) is 1.67. The first kappa shape index (κ1) is 15.3. The van der Waals surface area contributed by atoms with E-state index in [4.69, 9.17) is 14.7 Å². The third-order valence-electron chi connectivity index (χ3n) is 3.09. The molecular weight excluding hydrogens is 240 g/mol. The standard InChI is InChI=1S/C15H22N2O2/c1-17(10-5-4-9-16)11-8-13-6-7-14(18-2)12-15(13)19-3/h6-7,12H,4-5,8,10-11H2,1-3H3. The topological polar surface area (TPSA) is 45.5 Å². The van der Waals surface area contributed by atoms with Crippen LogP contribution in [-0.2, 0) is 6.42 Å². The molecule has 4 nitrogen and oxygen atoms in total. The number of hydrogen-bond acceptors (Lipinski definition) is 4. The lowest BCUT2D eigenvalue weighted by Gasteiger charge is -2.17. The van der Waals surface area contributed by atoms with Crippen LogP contribution < -0.4 is 9.47 Å². The SMILES string of the molecule is COc1ccc(CCN(C)CCCC#N)c(OC)c1. The molecule has 0 radical (unpaired) electrons. The minimum absolute atomic E-state index is 0.621. The lowest BCUT2D eigenvalue weighted by Crippen LogP contribution is -2.22. The van der Waals surface area contributed by atoms with Gasteiger partial charge in [-0.2, -0.15) is 5.26 Å². The van der Waals surface area contributed by atoms with Crippen molar-refractivity contribution in [3.63, 3.8) is 0 Å². The van der Waals surface area contributed by atoms with Crippen LogP contribution in [0.4, 0.5) is 0 Å². The lowest BCUT2D eigenvalue weighted by atomic mass is 10.1. The zero-order valence-electron chi connectivity index (χ0n) is 12.0. The summed E-state index contributed by atoms with van der Waals surface area (Å²) >= 11 is 0. The van der Waals surface area contributed by atoms with Crippen molar-refractivity contribution in [1.82, 2.24) is 4.90 Å². The molecule has 0 atom stereocenters. The molecule has 0 amide bonds. The molecule has 4 heteroatoms. The van der Waals surface area contributed by atoms with E-state index in [0.29, 0.717) is 6.42 Å². The molecule has 1 aromatic rings. The van der Waals surface area contributed by atoms with Gasteiger partial charge in [-0.1, -0.05) is 6.07 Å². The number of likely N-dealkylation sites (N-methyl/N-ethyl adjacent to an activating group) is 1. The van der Waals surface area contributed by atoms with Crippen LogP contribution in [-0.4, -0.2) is 39.3 Å². The molecule has 0 aromatic heterocycles. The number of nitriles is 1. The Balaban J connectivity index is 2.50. The Morgan fingerprint density at radius 2 is 2.00 bits per heavy atom. The first-order valence-corrected chi connectivity index (χ1v) is 6.47. The highest BCUT2D eigenvalue weighted by atomic mass is 16.5. The summed E-state index contributed by atoms with van der Waals surface area (Å²) in [5.41, 5.74) is 1.18. The Bertz CT molecular complexity index is 427. The van der Waals surface area contributed by atoms with Crippen molar-refractivity contribution >= 4 is 0 Å². The van der Waals surface area contributed by atoms with Gasteiger partial charge in [0.2, 0.25) is 0 Å². The van der Waals surface area contributed by atoms with Gasteiger partial charge >= 0.3 is 0 Å². The van der Waals surface area contributed by atoms with Gasteiger partial charge in [0, 0.05) is 19.0 Å². The molecule has 0 bridgehead atoms. The van der Waals surface area contributed by atoms with E-state index in [-0.39, 0.29) is 0 Å². The van der Waals surface area contributed by atoms with Gasteiger partial charge in [-0.3, -0.25) is 0 Å². The molecule has 1 rings (SSSR count). The van der Waals surface area contributed by atoms with Crippen LogP contribution in [0.25, 0.3) is 0 Å². The van der Waals surface area contributed by atoms with Gasteiger partial charge in [0.05, 0.1) is 20.3 Å². The Kier molecular flexibility index (Phi) is 6.76. The maximum Gasteiger partial charge on any atom is 0.125 e. The Morgan fingerprint density at radius 1 is 1.21 bits per heavy atom. The summed E-state index contributed by atoms with van der Waals surface area (Å²) in [6.45, 7) is 1.90. The van der Waals surface area contributed by atoms with E-state index >= 15 is 0 Å². The third kappa shape index (κ3) is 5.19. The maximum atomic E-state index is 8.51. The normalized spacial score (nSPS) is 10.3. The fourth-order valence-electron chi connectivity index (χ4n) is 1.91. The van der Waals surface area contributed by atoms with Gasteiger partial charge in [-0.05, 0) is 38.1 Å². The van der Waals surface area contributed by atoms with E-state index < -0.39 is 0 Å². The molecule has 0 spiro atoms. The Morgan fingerprint density at radius 3 is 2.63 bits per heavy atom. The van der Waals surface area contributed by atoms with E-state index in [9.17, 15) is 0 Å². The van der Waals surface area contributed by atoms with E-state index in [2.05, 4.69) is 18.0 Å². The summed E-state index contributed by atoms with van der Waals surface area (Å²) in [6, 6.07) is 8.07. The van der Waals surface area contributed by atoms with Crippen molar-refractivity contribution in [3.05, 3.63) is 23.8 Å². The van der Waals surface area contributed by atoms with Crippen molar-refractivity contribution < 1.29 is 9.47 Å². The number of benzene rings is 1. The summed E-state index contributed by atoms with van der Waals surface area (Å²) < 4.78 is 10.6. The number of ether oxygens (including phenoxy) is 2. The molecule has 0 aliphatic carbocycles. The quantitative estimate of drug-likeness (QED) is 0.675. The summed E-state index contributed by atoms with van der Waals surface area (Å²) in [4.78, 5) is 2.24. The fourth-order valence-corrected chi connectivity index (χ4v) is 1.91. The molecule has 0 heterocycles. The number of rotatable bonds is 8. The number of hydrogen-bond donors (Lipinski definition) is 0. The van der Waals surface area contributed by atoms with Crippen LogP contribution in [0.15, 0.2) is 18.2 Å². The number of nitrogens with zero attached hydrogens (tertiary/aromatic N) is 2. The van der Waals surface area contributed by atoms with Crippen molar-refractivity contribution in [2.45, 2.75) is 19.3 Å². The van der Waals surface area contributed by atoms with Crippen LogP contribution in [0.1, 0.15) is 18.4 Å². The monoisotopic (exact) mass is 262 g/mol. The van der Waals surface area contributed by atoms with Crippen molar-refractivity contribution in [2.24, 2.45) is 0 Å². The molecule has 0 aliphatic rings. The molecule has 0 saturated carbocycles. The fraction of sp³-hybridized carbons (Fsp3) is 0.533. The first-order chi connectivity index (χ1) is 9.21. The average molecular weight is 262 g/mol. The van der Waals surface area contributed by atoms with Crippen LogP contribution >= 0.6 is 0 Å². The molecule has 0 N–H and O–H groups in total. The third-order valence-corrected chi connectivity index (χ3v) is 3.09. The highest BCUT2D eigenvalue weighted by Crippen LogP contribution is 2.24.